The van der Waals surface area contributed by atoms with Gasteiger partial charge < -0.3 is 9.72 Å². The molecule has 8 heteroatoms. The molecule has 1 aromatic carbocycles. The predicted molar refractivity (Wildman–Crippen MR) is 162 cm³/mol. The smallest absolute Gasteiger partial charge is 0.411 e. The maximum absolute atomic E-state index is 12.3. The Hall–Kier alpha value is -2.54. The van der Waals surface area contributed by atoms with Gasteiger partial charge in [0, 0.05) is 16.7 Å². The van der Waals surface area contributed by atoms with Crippen LogP contribution in [0.2, 0.25) is 5.02 Å². The second-order valence-corrected chi connectivity index (χ2v) is 12.0. The Bertz CT molecular complexity index is 1150. The van der Waals surface area contributed by atoms with Crippen LogP contribution in [0.5, 0.6) is 0 Å². The molecule has 0 saturated heterocycles. The van der Waals surface area contributed by atoms with E-state index >= 15 is 0 Å². The van der Waals surface area contributed by atoms with Gasteiger partial charge in [-0.1, -0.05) is 135 Å². The maximum atomic E-state index is 12.3. The van der Waals surface area contributed by atoms with E-state index in [4.69, 9.17) is 16.3 Å². The lowest BCUT2D eigenvalue weighted by atomic mass is 9.92. The third kappa shape index (κ3) is 10.2. The van der Waals surface area contributed by atoms with Crippen LogP contribution in [0.15, 0.2) is 24.3 Å². The number of fused-ring (bicyclic) bond motifs is 1. The molecule has 2 heterocycles. The highest BCUT2D eigenvalue weighted by molar-refractivity contribution is 6.34. The zero-order valence-electron chi connectivity index (χ0n) is 24.5. The van der Waals surface area contributed by atoms with Crippen molar-refractivity contribution in [2.24, 2.45) is 0 Å². The number of anilines is 1. The summed E-state index contributed by atoms with van der Waals surface area (Å²) in [5.74, 6) is 0.624. The van der Waals surface area contributed by atoms with Crippen LogP contribution in [0.1, 0.15) is 123 Å². The van der Waals surface area contributed by atoms with Gasteiger partial charge in [0.1, 0.15) is 5.02 Å². The van der Waals surface area contributed by atoms with Crippen LogP contribution in [-0.2, 0) is 10.2 Å². The zero-order chi connectivity index (χ0) is 28.1. The molecule has 0 unspecified atom stereocenters. The van der Waals surface area contributed by atoms with E-state index in [-0.39, 0.29) is 5.41 Å². The molecule has 0 atom stereocenters. The van der Waals surface area contributed by atoms with Crippen LogP contribution in [0.3, 0.4) is 0 Å². The first-order valence-electron chi connectivity index (χ1n) is 15.0. The Balaban J connectivity index is 1.29. The van der Waals surface area contributed by atoms with Gasteiger partial charge in [-0.3, -0.25) is 5.32 Å². The van der Waals surface area contributed by atoms with E-state index in [2.05, 4.69) is 48.2 Å². The number of carbonyl (C=O) groups excluding carboxylic acids is 1. The van der Waals surface area contributed by atoms with Gasteiger partial charge in [-0.05, 0) is 18.6 Å². The van der Waals surface area contributed by atoms with Crippen molar-refractivity contribution in [1.29, 1.82) is 0 Å². The number of carbonyl (C=O) groups is 1. The highest BCUT2D eigenvalue weighted by atomic mass is 35.5. The average Bonchev–Trinajstić information content (AvgIpc) is 3.46. The van der Waals surface area contributed by atoms with E-state index in [9.17, 15) is 4.79 Å². The summed E-state index contributed by atoms with van der Waals surface area (Å²) < 4.78 is 6.92. The first kappa shape index (κ1) is 31.0. The Morgan fingerprint density at radius 2 is 1.51 bits per heavy atom. The van der Waals surface area contributed by atoms with E-state index in [1.165, 1.54) is 81.7 Å². The Kier molecular flexibility index (Phi) is 12.6. The minimum absolute atomic E-state index is 0.178. The fraction of sp³-hybridized carbons (Fsp3) is 0.645. The van der Waals surface area contributed by atoms with Crippen LogP contribution < -0.4 is 5.32 Å². The van der Waals surface area contributed by atoms with Gasteiger partial charge in [0.15, 0.2) is 11.5 Å². The Labute approximate surface area is 239 Å². The topological polar surface area (TPSA) is 84.3 Å². The summed E-state index contributed by atoms with van der Waals surface area (Å²) in [5, 5.41) is 12.5. The minimum Gasteiger partial charge on any atom is -0.449 e. The summed E-state index contributed by atoms with van der Waals surface area (Å²) >= 11 is 6.55. The number of amides is 1. The lowest BCUT2D eigenvalue weighted by Crippen LogP contribution is -2.14. The molecule has 0 saturated carbocycles. The fourth-order valence-electron chi connectivity index (χ4n) is 4.77. The van der Waals surface area contributed by atoms with Crippen molar-refractivity contribution in [2.45, 2.75) is 123 Å². The predicted octanol–water partition coefficient (Wildman–Crippen LogP) is 9.71. The van der Waals surface area contributed by atoms with Crippen molar-refractivity contribution < 1.29 is 9.53 Å². The average molecular weight is 558 g/mol. The van der Waals surface area contributed by atoms with Crippen molar-refractivity contribution in [3.63, 3.8) is 0 Å². The number of aromatic amines is 1. The summed E-state index contributed by atoms with van der Waals surface area (Å²) in [6, 6.07) is 7.47. The molecule has 1 amide bonds. The number of unbranched alkanes of at least 4 members (excludes halogenated alkanes) is 13. The fourth-order valence-corrected chi connectivity index (χ4v) is 5.21. The number of rotatable bonds is 17. The van der Waals surface area contributed by atoms with Gasteiger partial charge in [-0.25, -0.2) is 4.79 Å². The van der Waals surface area contributed by atoms with E-state index in [0.717, 1.165) is 24.1 Å². The van der Waals surface area contributed by atoms with Crippen LogP contribution in [-0.4, -0.2) is 32.5 Å². The first-order chi connectivity index (χ1) is 18.8. The van der Waals surface area contributed by atoms with Crippen LogP contribution in [0, 0.1) is 0 Å². The van der Waals surface area contributed by atoms with E-state index in [0.29, 0.717) is 28.8 Å². The largest absolute Gasteiger partial charge is 0.449 e. The van der Waals surface area contributed by atoms with E-state index in [1.807, 2.05) is 24.3 Å². The summed E-state index contributed by atoms with van der Waals surface area (Å²) in [6.07, 6.45) is 17.8. The minimum atomic E-state index is -0.436. The lowest BCUT2D eigenvalue weighted by Gasteiger charge is -2.14. The van der Waals surface area contributed by atoms with Crippen LogP contribution in [0.25, 0.3) is 17.0 Å². The molecule has 0 radical (unpaired) electrons. The molecule has 2 aromatic heterocycles. The molecule has 0 aliphatic rings. The molecule has 0 aliphatic carbocycles. The van der Waals surface area contributed by atoms with Crippen molar-refractivity contribution in [1.82, 2.24) is 19.8 Å². The number of aromatic nitrogens is 4. The van der Waals surface area contributed by atoms with Gasteiger partial charge in [0.25, 0.3) is 0 Å². The molecule has 3 aromatic rings. The second-order valence-electron chi connectivity index (χ2n) is 11.7. The Morgan fingerprint density at radius 3 is 2.08 bits per heavy atom. The van der Waals surface area contributed by atoms with Crippen molar-refractivity contribution in [2.75, 3.05) is 11.9 Å². The molecule has 0 spiro atoms. The Morgan fingerprint density at radius 1 is 0.923 bits per heavy atom. The van der Waals surface area contributed by atoms with Gasteiger partial charge in [0.2, 0.25) is 0 Å². The molecule has 7 nitrogen and oxygen atoms in total. The number of ether oxygens (including phenoxy) is 1. The molecular weight excluding hydrogens is 510 g/mol. The highest BCUT2D eigenvalue weighted by Crippen LogP contribution is 2.32. The summed E-state index contributed by atoms with van der Waals surface area (Å²) in [5.41, 5.74) is 2.74. The maximum Gasteiger partial charge on any atom is 0.411 e. The molecular formula is C31H48ClN5O2. The zero-order valence-corrected chi connectivity index (χ0v) is 25.2. The molecule has 0 bridgehead atoms. The highest BCUT2D eigenvalue weighted by Gasteiger charge is 2.25. The molecule has 216 valence electrons. The van der Waals surface area contributed by atoms with Crippen molar-refractivity contribution in [3.8, 4) is 11.4 Å². The number of halogens is 1. The van der Waals surface area contributed by atoms with E-state index in [1.54, 1.807) is 0 Å². The quantitative estimate of drug-likeness (QED) is 0.162. The van der Waals surface area contributed by atoms with Crippen LogP contribution >= 0.6 is 11.6 Å². The number of hydrogen-bond donors (Lipinski definition) is 2. The molecule has 2 N–H and O–H groups in total. The third-order valence-corrected chi connectivity index (χ3v) is 7.42. The van der Waals surface area contributed by atoms with Crippen LogP contribution in [0.4, 0.5) is 10.5 Å². The third-order valence-electron chi connectivity index (χ3n) is 7.07. The number of benzene rings is 1. The van der Waals surface area contributed by atoms with Gasteiger partial charge >= 0.3 is 6.09 Å². The first-order valence-corrected chi connectivity index (χ1v) is 15.4. The summed E-state index contributed by atoms with van der Waals surface area (Å²) in [7, 11) is 0. The molecule has 39 heavy (non-hydrogen) atoms. The number of H-pyrrole nitrogens is 1. The number of nitrogens with zero attached hydrogens (tertiary/aromatic N) is 3. The lowest BCUT2D eigenvalue weighted by molar-refractivity contribution is 0.159. The van der Waals surface area contributed by atoms with Crippen molar-refractivity contribution >= 4 is 29.0 Å². The normalized spacial score (nSPS) is 11.8. The summed E-state index contributed by atoms with van der Waals surface area (Å²) in [6.45, 7) is 8.90. The summed E-state index contributed by atoms with van der Waals surface area (Å²) in [4.78, 5) is 15.5. The molecule has 0 fully saturated rings. The van der Waals surface area contributed by atoms with Gasteiger partial charge in [0.05, 0.1) is 12.3 Å². The van der Waals surface area contributed by atoms with Crippen molar-refractivity contribution in [3.05, 3.63) is 35.0 Å². The number of nitrogens with one attached hydrogen (secondary N) is 2. The van der Waals surface area contributed by atoms with E-state index < -0.39 is 6.09 Å². The number of hydrogen-bond acceptors (Lipinski definition) is 4. The van der Waals surface area contributed by atoms with Gasteiger partial charge in [-0.15, -0.1) is 9.73 Å². The molecule has 3 rings (SSSR count). The standard InChI is InChI=1S/C31H48ClN5O2/c1-5-6-7-8-9-10-11-12-13-14-15-16-17-18-22-39-30(38)33-25-21-19-20-24(23-25)28-34-29-26(32)27(31(2,3)4)35-37(29)36-28/h19-21,23H,5-18,22H2,1-4H3,(H,33,38)(H,34,36). The monoisotopic (exact) mass is 557 g/mol. The van der Waals surface area contributed by atoms with Gasteiger partial charge in [-0.2, -0.15) is 5.10 Å². The SMILES string of the molecule is CCCCCCCCCCCCCCCCOC(=O)Nc1cccc(-c2nn3nc(C(C)(C)C)c(Cl)c3[nH]2)c1. The molecule has 0 aliphatic heterocycles. The second kappa shape index (κ2) is 15.9.